The van der Waals surface area contributed by atoms with E-state index >= 15 is 0 Å². The van der Waals surface area contributed by atoms with E-state index in [4.69, 9.17) is 24.3 Å². The van der Waals surface area contributed by atoms with Gasteiger partial charge in [0.05, 0.1) is 22.9 Å². The Bertz CT molecular complexity index is 1880. The lowest BCUT2D eigenvalue weighted by Gasteiger charge is -2.30. The molecule has 6 rings (SSSR count). The van der Waals surface area contributed by atoms with E-state index in [0.29, 0.717) is 36.2 Å². The number of carboxylic acid groups (broad SMARTS) is 2. The first-order valence-corrected chi connectivity index (χ1v) is 13.8. The molecule has 2 amide bonds. The van der Waals surface area contributed by atoms with Crippen molar-refractivity contribution in [3.05, 3.63) is 78.8 Å². The number of aromatic nitrogens is 4. The van der Waals surface area contributed by atoms with Crippen molar-refractivity contribution in [2.45, 2.75) is 31.1 Å². The first-order valence-electron chi connectivity index (χ1n) is 13.8. The maximum absolute atomic E-state index is 12.8. The summed E-state index contributed by atoms with van der Waals surface area (Å²) in [6.07, 6.45) is -6.96. The van der Waals surface area contributed by atoms with Gasteiger partial charge in [-0.1, -0.05) is 47.6 Å². The smallest absolute Gasteiger partial charge is 0.475 e. The highest BCUT2D eigenvalue weighted by Crippen LogP contribution is 2.29. The van der Waals surface area contributed by atoms with Gasteiger partial charge in [-0.15, -0.1) is 0 Å². The lowest BCUT2D eigenvalue weighted by Crippen LogP contribution is -2.40. The number of carbonyl (C=O) groups is 3. The van der Waals surface area contributed by atoms with Crippen molar-refractivity contribution in [3.63, 3.8) is 0 Å². The van der Waals surface area contributed by atoms with Gasteiger partial charge in [0.1, 0.15) is 5.69 Å². The number of pyridine rings is 2. The van der Waals surface area contributed by atoms with Gasteiger partial charge in [0, 0.05) is 29.8 Å². The molecule has 0 aliphatic carbocycles. The second-order valence-electron chi connectivity index (χ2n) is 10.1. The Morgan fingerprint density at radius 1 is 0.792 bits per heavy atom. The highest BCUT2D eigenvalue weighted by molar-refractivity contribution is 5.92. The molecule has 0 unspecified atom stereocenters. The van der Waals surface area contributed by atoms with Crippen molar-refractivity contribution < 1.29 is 55.5 Å². The average molecular weight is 679 g/mol. The fourth-order valence-electron chi connectivity index (χ4n) is 4.37. The summed E-state index contributed by atoms with van der Waals surface area (Å²) < 4.78 is 69.0. The van der Waals surface area contributed by atoms with E-state index in [-0.39, 0.29) is 11.9 Å². The number of benzene rings is 2. The number of hydrogen-bond acceptors (Lipinski definition) is 8. The molecule has 0 radical (unpaired) electrons. The Labute approximate surface area is 266 Å². The van der Waals surface area contributed by atoms with Crippen LogP contribution < -0.4 is 5.32 Å². The van der Waals surface area contributed by atoms with E-state index in [1.54, 1.807) is 6.20 Å². The molecule has 0 spiro atoms. The summed E-state index contributed by atoms with van der Waals surface area (Å²) in [4.78, 5) is 46.0. The number of piperidine rings is 1. The first-order chi connectivity index (χ1) is 22.6. The molecule has 0 saturated carbocycles. The molecule has 4 heterocycles. The van der Waals surface area contributed by atoms with Gasteiger partial charge in [0.25, 0.3) is 0 Å². The van der Waals surface area contributed by atoms with Gasteiger partial charge < -0.3 is 25.0 Å². The summed E-state index contributed by atoms with van der Waals surface area (Å²) >= 11 is 0. The van der Waals surface area contributed by atoms with Gasteiger partial charge in [0.15, 0.2) is 0 Å². The molecular weight excluding hydrogens is 654 g/mol. The molecule has 5 aromatic rings. The van der Waals surface area contributed by atoms with Crippen molar-refractivity contribution in [3.8, 4) is 11.5 Å². The van der Waals surface area contributed by atoms with Gasteiger partial charge in [-0.3, -0.25) is 4.98 Å². The Hall–Kier alpha value is -5.81. The van der Waals surface area contributed by atoms with Crippen LogP contribution in [0, 0.1) is 0 Å². The molecular formula is C30H24F6N6O6. The second-order valence-corrected chi connectivity index (χ2v) is 10.1. The van der Waals surface area contributed by atoms with Crippen LogP contribution in [0.25, 0.3) is 33.3 Å². The fraction of sp³-hybridized carbons (Fsp3) is 0.233. The third-order valence-electron chi connectivity index (χ3n) is 6.73. The number of fused-ring (bicyclic) bond motifs is 2. The number of likely N-dealkylation sites (tertiary alicyclic amines) is 1. The molecule has 0 bridgehead atoms. The second kappa shape index (κ2) is 14.7. The van der Waals surface area contributed by atoms with Gasteiger partial charge in [0.2, 0.25) is 11.7 Å². The number of aliphatic carboxylic acids is 2. The lowest BCUT2D eigenvalue weighted by molar-refractivity contribution is -0.193. The number of carbonyl (C=O) groups excluding carboxylic acids is 1. The van der Waals surface area contributed by atoms with E-state index < -0.39 is 24.3 Å². The van der Waals surface area contributed by atoms with Crippen LogP contribution in [0.4, 0.5) is 36.8 Å². The van der Waals surface area contributed by atoms with Crippen molar-refractivity contribution in [2.75, 3.05) is 18.4 Å². The van der Waals surface area contributed by atoms with Crippen molar-refractivity contribution in [2.24, 2.45) is 0 Å². The van der Waals surface area contributed by atoms with Crippen LogP contribution in [0.5, 0.6) is 0 Å². The number of carboxylic acids is 2. The summed E-state index contributed by atoms with van der Waals surface area (Å²) in [7, 11) is 0. The third-order valence-corrected chi connectivity index (χ3v) is 6.73. The average Bonchev–Trinajstić information content (AvgIpc) is 3.55. The number of para-hydroxylation sites is 2. The number of alkyl halides is 6. The molecule has 1 aliphatic rings. The van der Waals surface area contributed by atoms with E-state index in [2.05, 4.69) is 25.4 Å². The van der Waals surface area contributed by atoms with E-state index in [0.717, 1.165) is 34.6 Å². The Balaban J connectivity index is 0.000000314. The molecule has 0 atom stereocenters. The van der Waals surface area contributed by atoms with Crippen LogP contribution in [-0.2, 0) is 9.59 Å². The summed E-state index contributed by atoms with van der Waals surface area (Å²) in [5.41, 5.74) is 3.18. The van der Waals surface area contributed by atoms with Crippen molar-refractivity contribution in [1.82, 2.24) is 25.0 Å². The zero-order valence-electron chi connectivity index (χ0n) is 24.4. The molecule has 252 valence electrons. The number of anilines is 1. The predicted octanol–water partition coefficient (Wildman–Crippen LogP) is 6.51. The SMILES string of the molecule is O=C(Nc1cnc2ccccc2c1)N1CCC(c2nc(-c3ccc4ccccc4n3)no2)CC1.O=C(O)C(F)(F)F.O=C(O)C(F)(F)F. The number of hydrogen-bond donors (Lipinski definition) is 3. The summed E-state index contributed by atoms with van der Waals surface area (Å²) in [6, 6.07) is 21.5. The van der Waals surface area contributed by atoms with Gasteiger partial charge >= 0.3 is 30.3 Å². The lowest BCUT2D eigenvalue weighted by atomic mass is 9.97. The highest BCUT2D eigenvalue weighted by atomic mass is 19.4. The number of nitrogens with one attached hydrogen (secondary N) is 1. The molecule has 48 heavy (non-hydrogen) atoms. The molecule has 3 aromatic heterocycles. The normalized spacial score (nSPS) is 13.6. The molecule has 3 N–H and O–H groups in total. The molecule has 18 heteroatoms. The fourth-order valence-corrected chi connectivity index (χ4v) is 4.37. The third kappa shape index (κ3) is 9.36. The molecule has 2 aromatic carbocycles. The monoisotopic (exact) mass is 678 g/mol. The minimum absolute atomic E-state index is 0.119. The van der Waals surface area contributed by atoms with Crippen LogP contribution in [0.3, 0.4) is 0 Å². The van der Waals surface area contributed by atoms with Crippen LogP contribution >= 0.6 is 0 Å². The number of rotatable bonds is 3. The van der Waals surface area contributed by atoms with Gasteiger partial charge in [-0.05, 0) is 37.1 Å². The number of nitrogens with zero attached hydrogens (tertiary/aromatic N) is 5. The van der Waals surface area contributed by atoms with E-state index in [1.807, 2.05) is 71.6 Å². The zero-order valence-corrected chi connectivity index (χ0v) is 24.4. The van der Waals surface area contributed by atoms with Crippen LogP contribution in [0.1, 0.15) is 24.7 Å². The molecule has 12 nitrogen and oxygen atoms in total. The topological polar surface area (TPSA) is 172 Å². The highest BCUT2D eigenvalue weighted by Gasteiger charge is 2.39. The first kappa shape index (κ1) is 35.1. The number of urea groups is 1. The summed E-state index contributed by atoms with van der Waals surface area (Å²) in [5, 5.41) is 23.4. The minimum atomic E-state index is -5.08. The number of amides is 2. The molecule has 1 fully saturated rings. The van der Waals surface area contributed by atoms with Crippen molar-refractivity contribution in [1.29, 1.82) is 0 Å². The Morgan fingerprint density at radius 3 is 1.96 bits per heavy atom. The van der Waals surface area contributed by atoms with E-state index in [1.165, 1.54) is 0 Å². The number of halogens is 6. The summed E-state index contributed by atoms with van der Waals surface area (Å²) in [5.74, 6) is -4.30. The molecule has 1 aliphatic heterocycles. The maximum atomic E-state index is 12.8. The van der Waals surface area contributed by atoms with Gasteiger partial charge in [-0.2, -0.15) is 31.3 Å². The molecule has 1 saturated heterocycles. The van der Waals surface area contributed by atoms with Crippen LogP contribution in [0.15, 0.2) is 77.4 Å². The van der Waals surface area contributed by atoms with Crippen LogP contribution in [0.2, 0.25) is 0 Å². The summed E-state index contributed by atoms with van der Waals surface area (Å²) in [6.45, 7) is 1.23. The Morgan fingerprint density at radius 2 is 1.35 bits per heavy atom. The minimum Gasteiger partial charge on any atom is -0.475 e. The van der Waals surface area contributed by atoms with Gasteiger partial charge in [-0.25, -0.2) is 19.4 Å². The van der Waals surface area contributed by atoms with Crippen molar-refractivity contribution >= 4 is 45.5 Å². The van der Waals surface area contributed by atoms with E-state index in [9.17, 15) is 31.1 Å². The Kier molecular flexibility index (Phi) is 10.8. The standard InChI is InChI=1S/C26H22N6O2.2C2HF3O2/c33-26(28-20-15-19-6-2-3-7-21(19)27-16-20)32-13-11-18(12-14-32)25-30-24(31-34-25)23-10-9-17-5-1-4-8-22(17)29-23;2*3-2(4,5)1(6)7/h1-10,15-16,18H,11-14H2,(H,28,33);2*(H,6,7). The quantitative estimate of drug-likeness (QED) is 0.179. The largest absolute Gasteiger partial charge is 0.490 e. The maximum Gasteiger partial charge on any atom is 0.490 e. The predicted molar refractivity (Wildman–Crippen MR) is 157 cm³/mol. The zero-order chi connectivity index (χ0) is 35.1. The van der Waals surface area contributed by atoms with Crippen LogP contribution in [-0.4, -0.2) is 78.6 Å².